The highest BCUT2D eigenvalue weighted by atomic mass is 32.2. The normalized spacial score (nSPS) is 9.91. The number of hydrogen-bond donors (Lipinski definition) is 0. The Kier molecular flexibility index (Phi) is 3.51. The number of aromatic nitrogens is 2. The highest BCUT2D eigenvalue weighted by Crippen LogP contribution is 2.17. The topological polar surface area (TPSA) is 42.9 Å². The molecule has 1 aromatic rings. The number of rotatable bonds is 4. The minimum absolute atomic E-state index is 0.255. The van der Waals surface area contributed by atoms with Crippen molar-refractivity contribution in [1.82, 2.24) is 9.36 Å². The fourth-order valence-corrected chi connectivity index (χ4v) is 1.88. The molecule has 1 heterocycles. The van der Waals surface area contributed by atoms with Crippen molar-refractivity contribution in [3.63, 3.8) is 0 Å². The van der Waals surface area contributed by atoms with E-state index in [9.17, 15) is 4.79 Å². The van der Waals surface area contributed by atoms with E-state index < -0.39 is 0 Å². The Morgan fingerprint density at radius 1 is 1.82 bits per heavy atom. The summed E-state index contributed by atoms with van der Waals surface area (Å²) in [7, 11) is 0. The summed E-state index contributed by atoms with van der Waals surface area (Å²) in [5.41, 5.74) is 0. The second kappa shape index (κ2) is 4.46. The molecule has 0 amide bonds. The third-order valence-corrected chi connectivity index (χ3v) is 2.95. The van der Waals surface area contributed by atoms with Crippen LogP contribution in [0.5, 0.6) is 0 Å². The quantitative estimate of drug-likeness (QED) is 0.673. The Morgan fingerprint density at radius 2 is 2.64 bits per heavy atom. The maximum absolute atomic E-state index is 10.8. The minimum Gasteiger partial charge on any atom is -0.299 e. The Balaban J connectivity index is 2.29. The van der Waals surface area contributed by atoms with Gasteiger partial charge in [0.05, 0.1) is 5.75 Å². The van der Waals surface area contributed by atoms with E-state index in [-0.39, 0.29) is 5.78 Å². The number of carbonyl (C=O) groups is 1. The Labute approximate surface area is 73.4 Å². The number of Topliss-reactive ketones (excluding diaryl/α,β-unsaturated/α-hetero) is 1. The van der Waals surface area contributed by atoms with Gasteiger partial charge in [-0.2, -0.15) is 4.37 Å². The van der Waals surface area contributed by atoms with E-state index >= 15 is 0 Å². The molecule has 0 aromatic carbocycles. The van der Waals surface area contributed by atoms with Crippen molar-refractivity contribution < 1.29 is 4.79 Å². The molecule has 0 radical (unpaired) electrons. The Bertz CT molecular complexity index is 222. The average molecular weight is 188 g/mol. The van der Waals surface area contributed by atoms with Crippen LogP contribution < -0.4 is 0 Å². The van der Waals surface area contributed by atoms with E-state index in [1.807, 2.05) is 6.92 Å². The fraction of sp³-hybridized carbons (Fsp3) is 0.500. The molecule has 60 valence electrons. The van der Waals surface area contributed by atoms with Crippen molar-refractivity contribution >= 4 is 29.1 Å². The zero-order valence-electron chi connectivity index (χ0n) is 6.11. The van der Waals surface area contributed by atoms with Crippen molar-refractivity contribution in [2.24, 2.45) is 0 Å². The van der Waals surface area contributed by atoms with Crippen LogP contribution in [0.1, 0.15) is 13.3 Å². The molecule has 0 N–H and O–H groups in total. The van der Waals surface area contributed by atoms with E-state index in [4.69, 9.17) is 0 Å². The predicted octanol–water partition coefficient (Wildman–Crippen LogP) is 1.61. The third kappa shape index (κ3) is 2.98. The zero-order valence-corrected chi connectivity index (χ0v) is 7.74. The first kappa shape index (κ1) is 8.67. The summed E-state index contributed by atoms with van der Waals surface area (Å²) in [5.74, 6) is 0.774. The molecule has 0 aliphatic rings. The van der Waals surface area contributed by atoms with Crippen LogP contribution >= 0.6 is 23.3 Å². The molecule has 0 fully saturated rings. The smallest absolute Gasteiger partial charge is 0.170 e. The van der Waals surface area contributed by atoms with Gasteiger partial charge in [0, 0.05) is 6.42 Å². The van der Waals surface area contributed by atoms with Crippen molar-refractivity contribution in [1.29, 1.82) is 0 Å². The number of thioether (sulfide) groups is 1. The van der Waals surface area contributed by atoms with Crippen LogP contribution in [-0.2, 0) is 4.79 Å². The lowest BCUT2D eigenvalue weighted by Gasteiger charge is -1.91. The summed E-state index contributed by atoms with van der Waals surface area (Å²) in [6.07, 6.45) is 2.11. The lowest BCUT2D eigenvalue weighted by atomic mass is 10.4. The third-order valence-electron chi connectivity index (χ3n) is 1.09. The first-order valence-electron chi connectivity index (χ1n) is 3.24. The van der Waals surface area contributed by atoms with Gasteiger partial charge in [0.2, 0.25) is 0 Å². The Morgan fingerprint density at radius 3 is 3.18 bits per heavy atom. The summed E-state index contributed by atoms with van der Waals surface area (Å²) in [4.78, 5) is 14.8. The summed E-state index contributed by atoms with van der Waals surface area (Å²) >= 11 is 2.78. The molecule has 0 atom stereocenters. The molecular weight excluding hydrogens is 180 g/mol. The molecule has 0 unspecified atom stereocenters. The van der Waals surface area contributed by atoms with Gasteiger partial charge in [-0.1, -0.05) is 18.7 Å². The van der Waals surface area contributed by atoms with Crippen LogP contribution in [0, 0.1) is 0 Å². The van der Waals surface area contributed by atoms with Gasteiger partial charge in [-0.3, -0.25) is 4.79 Å². The summed E-state index contributed by atoms with van der Waals surface area (Å²) in [6, 6.07) is 0. The molecule has 1 aromatic heterocycles. The molecule has 0 bridgehead atoms. The predicted molar refractivity (Wildman–Crippen MR) is 45.9 cm³/mol. The summed E-state index contributed by atoms with van der Waals surface area (Å²) < 4.78 is 4.69. The van der Waals surface area contributed by atoms with E-state index in [1.165, 1.54) is 29.6 Å². The first-order chi connectivity index (χ1) is 5.33. The fourth-order valence-electron chi connectivity index (χ4n) is 0.471. The second-order valence-corrected chi connectivity index (χ2v) is 3.89. The van der Waals surface area contributed by atoms with E-state index in [0.717, 1.165) is 4.34 Å². The lowest BCUT2D eigenvalue weighted by Crippen LogP contribution is -1.97. The zero-order chi connectivity index (χ0) is 8.10. The van der Waals surface area contributed by atoms with Gasteiger partial charge < -0.3 is 0 Å². The second-order valence-electron chi connectivity index (χ2n) is 1.89. The van der Waals surface area contributed by atoms with Gasteiger partial charge in [-0.05, 0) is 11.5 Å². The van der Waals surface area contributed by atoms with Gasteiger partial charge in [0.25, 0.3) is 0 Å². The summed E-state index contributed by atoms with van der Waals surface area (Å²) in [5, 5.41) is 0. The maximum Gasteiger partial charge on any atom is 0.170 e. The van der Waals surface area contributed by atoms with Gasteiger partial charge in [0.15, 0.2) is 4.34 Å². The first-order valence-corrected chi connectivity index (χ1v) is 5.00. The van der Waals surface area contributed by atoms with Crippen LogP contribution in [0.2, 0.25) is 0 Å². The van der Waals surface area contributed by atoms with Gasteiger partial charge in [-0.25, -0.2) is 4.98 Å². The molecule has 0 aliphatic carbocycles. The average Bonchev–Trinajstić information content (AvgIpc) is 2.52. The van der Waals surface area contributed by atoms with Crippen molar-refractivity contribution in [3.05, 3.63) is 6.33 Å². The standard InChI is InChI=1S/C6H8N2OS2/c1-2-5(9)3-10-6-7-4-8-11-6/h4H,2-3H2,1H3. The minimum atomic E-state index is 0.255. The monoisotopic (exact) mass is 188 g/mol. The SMILES string of the molecule is CCC(=O)CSc1ncns1. The van der Waals surface area contributed by atoms with Crippen LogP contribution in [0.3, 0.4) is 0 Å². The highest BCUT2D eigenvalue weighted by molar-refractivity contribution is 8.01. The molecule has 0 saturated heterocycles. The molecule has 11 heavy (non-hydrogen) atoms. The van der Waals surface area contributed by atoms with Crippen molar-refractivity contribution in [3.8, 4) is 0 Å². The van der Waals surface area contributed by atoms with Crippen LogP contribution in [-0.4, -0.2) is 20.9 Å². The van der Waals surface area contributed by atoms with Crippen molar-refractivity contribution in [2.45, 2.75) is 17.7 Å². The number of ketones is 1. The molecule has 3 nitrogen and oxygen atoms in total. The summed E-state index contributed by atoms with van der Waals surface area (Å²) in [6.45, 7) is 1.86. The number of hydrogen-bond acceptors (Lipinski definition) is 5. The maximum atomic E-state index is 10.8. The van der Waals surface area contributed by atoms with E-state index in [2.05, 4.69) is 9.36 Å². The van der Waals surface area contributed by atoms with Crippen molar-refractivity contribution in [2.75, 3.05) is 5.75 Å². The molecular formula is C6H8N2OS2. The van der Waals surface area contributed by atoms with E-state index in [0.29, 0.717) is 12.2 Å². The van der Waals surface area contributed by atoms with Crippen LogP contribution in [0.25, 0.3) is 0 Å². The Hall–Kier alpha value is -0.420. The van der Waals surface area contributed by atoms with Crippen LogP contribution in [0.4, 0.5) is 0 Å². The lowest BCUT2D eigenvalue weighted by molar-refractivity contribution is -0.116. The van der Waals surface area contributed by atoms with Gasteiger partial charge in [0.1, 0.15) is 12.1 Å². The van der Waals surface area contributed by atoms with Gasteiger partial charge in [-0.15, -0.1) is 0 Å². The van der Waals surface area contributed by atoms with E-state index in [1.54, 1.807) is 0 Å². The van der Waals surface area contributed by atoms with Crippen LogP contribution in [0.15, 0.2) is 10.7 Å². The highest BCUT2D eigenvalue weighted by Gasteiger charge is 2.01. The molecule has 0 aliphatic heterocycles. The molecule has 0 spiro atoms. The molecule has 0 saturated carbocycles. The molecule has 1 rings (SSSR count). The number of carbonyl (C=O) groups excluding carboxylic acids is 1. The van der Waals surface area contributed by atoms with Gasteiger partial charge >= 0.3 is 0 Å². The molecule has 5 heteroatoms. The number of nitrogens with zero attached hydrogens (tertiary/aromatic N) is 2. The largest absolute Gasteiger partial charge is 0.299 e.